The normalized spacial score (nSPS) is 13.0. The minimum atomic E-state index is -0.977. The largest absolute Gasteiger partial charge is 0.483 e. The first-order chi connectivity index (χ1) is 19.8. The summed E-state index contributed by atoms with van der Waals surface area (Å²) >= 11 is 7.89. The van der Waals surface area contributed by atoms with Crippen LogP contribution in [0.15, 0.2) is 77.8 Å². The molecule has 0 spiro atoms. The molecule has 0 saturated carbocycles. The molecule has 0 aliphatic rings. The maximum absolute atomic E-state index is 12.3. The molecule has 0 bridgehead atoms. The van der Waals surface area contributed by atoms with Gasteiger partial charge < -0.3 is 14.4 Å². The van der Waals surface area contributed by atoms with Gasteiger partial charge in [0, 0.05) is 44.1 Å². The maximum atomic E-state index is 12.3. The lowest BCUT2D eigenvalue weighted by atomic mass is 9.88. The fraction of sp³-hybridized carbons (Fsp3) is 0.324. The zero-order chi connectivity index (χ0) is 30.2. The van der Waals surface area contributed by atoms with E-state index in [0.29, 0.717) is 23.7 Å². The Bertz CT molecular complexity index is 1760. The number of benzene rings is 2. The highest BCUT2D eigenvalue weighted by atomic mass is 35.5. The van der Waals surface area contributed by atoms with Gasteiger partial charge in [0.25, 0.3) is 0 Å². The molecule has 1 N–H and O–H groups in total. The van der Waals surface area contributed by atoms with E-state index in [1.54, 1.807) is 31.8 Å². The number of halogens is 1. The van der Waals surface area contributed by atoms with Crippen LogP contribution in [0.1, 0.15) is 64.6 Å². The molecule has 218 valence electrons. The summed E-state index contributed by atoms with van der Waals surface area (Å²) < 4.78 is 8.43. The molecule has 8 heteroatoms. The third-order valence-electron chi connectivity index (χ3n) is 7.13. The number of carboxylic acid groups (broad SMARTS) is 1. The Morgan fingerprint density at radius 1 is 1.05 bits per heavy atom. The van der Waals surface area contributed by atoms with E-state index in [0.717, 1.165) is 43.8 Å². The van der Waals surface area contributed by atoms with Crippen LogP contribution < -0.4 is 4.74 Å². The Morgan fingerprint density at radius 3 is 2.45 bits per heavy atom. The van der Waals surface area contributed by atoms with Gasteiger partial charge in [0.1, 0.15) is 17.5 Å². The van der Waals surface area contributed by atoms with Gasteiger partial charge in [-0.25, -0.2) is 9.97 Å². The third-order valence-corrected chi connectivity index (χ3v) is 8.65. The number of pyridine rings is 2. The molecule has 5 rings (SSSR count). The summed E-state index contributed by atoms with van der Waals surface area (Å²) in [6, 6.07) is 21.8. The first-order valence-electron chi connectivity index (χ1n) is 14.0. The lowest BCUT2D eigenvalue weighted by molar-refractivity contribution is -0.146. The molecule has 1 atom stereocenters. The molecule has 3 aromatic heterocycles. The van der Waals surface area contributed by atoms with E-state index in [-0.39, 0.29) is 10.9 Å². The first-order valence-corrected chi connectivity index (χ1v) is 15.2. The quantitative estimate of drug-likeness (QED) is 0.170. The summed E-state index contributed by atoms with van der Waals surface area (Å²) in [6.45, 7) is 12.5. The Kier molecular flexibility index (Phi) is 8.28. The number of thioether (sulfide) groups is 1. The molecule has 0 fully saturated rings. The molecule has 0 saturated heterocycles. The molecule has 42 heavy (non-hydrogen) atoms. The molecule has 3 heterocycles. The average molecular weight is 602 g/mol. The molecule has 6 nitrogen and oxygen atoms in total. The summed E-state index contributed by atoms with van der Waals surface area (Å²) in [4.78, 5) is 23.0. The first kappa shape index (κ1) is 29.9. The van der Waals surface area contributed by atoms with Crippen molar-refractivity contribution in [2.45, 2.75) is 70.3 Å². The average Bonchev–Trinajstić information content (AvgIpc) is 3.19. The summed E-state index contributed by atoms with van der Waals surface area (Å²) in [7, 11) is 0. The van der Waals surface area contributed by atoms with Gasteiger partial charge in [-0.05, 0) is 56.7 Å². The van der Waals surface area contributed by atoms with Crippen molar-refractivity contribution in [3.05, 3.63) is 94.9 Å². The Hall–Kier alpha value is -3.55. The van der Waals surface area contributed by atoms with Crippen LogP contribution in [0.4, 0.5) is 0 Å². The molecule has 0 radical (unpaired) electrons. The second-order valence-corrected chi connectivity index (χ2v) is 14.6. The number of carbonyl (C=O) groups is 1. The van der Waals surface area contributed by atoms with E-state index >= 15 is 0 Å². The van der Waals surface area contributed by atoms with Gasteiger partial charge in [0.05, 0.1) is 22.8 Å². The second kappa shape index (κ2) is 11.6. The van der Waals surface area contributed by atoms with E-state index in [9.17, 15) is 9.90 Å². The monoisotopic (exact) mass is 601 g/mol. The highest BCUT2D eigenvalue weighted by molar-refractivity contribution is 8.00. The molecule has 0 aliphatic heterocycles. The number of hydrogen-bond acceptors (Lipinski definition) is 5. The van der Waals surface area contributed by atoms with Gasteiger partial charge in [-0.1, -0.05) is 68.8 Å². The third kappa shape index (κ3) is 6.58. The lowest BCUT2D eigenvalue weighted by Gasteiger charge is -2.24. The van der Waals surface area contributed by atoms with Crippen LogP contribution in [0.5, 0.6) is 5.75 Å². The second-order valence-electron chi connectivity index (χ2n) is 12.3. The predicted molar refractivity (Wildman–Crippen MR) is 172 cm³/mol. The number of carboxylic acids is 1. The standard InChI is InChI=1S/C34H36ClN3O3S/c1-21(27-16-13-23-9-7-8-10-28(23)37-27)41-25-17-26-30(42-33(2,3)4)29(18-34(5,6)32(39)40)38(31(26)36-19-25)20-22-11-14-24(35)15-12-22/h7-17,19,21H,18,20H2,1-6H3,(H,39,40)/t21-/m1/s1. The molecular formula is C34H36ClN3O3S. The molecular weight excluding hydrogens is 566 g/mol. The van der Waals surface area contributed by atoms with Crippen LogP contribution in [0.25, 0.3) is 21.9 Å². The summed E-state index contributed by atoms with van der Waals surface area (Å²) in [5, 5.41) is 12.7. The van der Waals surface area contributed by atoms with Crippen LogP contribution in [-0.2, 0) is 17.8 Å². The summed E-state index contributed by atoms with van der Waals surface area (Å²) in [6.07, 6.45) is 1.79. The number of para-hydroxylation sites is 1. The molecule has 5 aromatic rings. The maximum Gasteiger partial charge on any atom is 0.309 e. The van der Waals surface area contributed by atoms with Crippen LogP contribution in [0.3, 0.4) is 0 Å². The predicted octanol–water partition coefficient (Wildman–Crippen LogP) is 8.97. The minimum Gasteiger partial charge on any atom is -0.483 e. The van der Waals surface area contributed by atoms with E-state index in [1.165, 1.54) is 0 Å². The van der Waals surface area contributed by atoms with Crippen molar-refractivity contribution in [2.24, 2.45) is 5.41 Å². The van der Waals surface area contributed by atoms with Crippen molar-refractivity contribution in [1.82, 2.24) is 14.5 Å². The van der Waals surface area contributed by atoms with Crippen LogP contribution in [0.2, 0.25) is 5.02 Å². The Balaban J connectivity index is 1.61. The SMILES string of the molecule is C[C@@H](Oc1cnc2c(c1)c(SC(C)(C)C)c(CC(C)(C)C(=O)O)n2Cc1ccc(Cl)cc1)c1ccc2ccccc2n1. The summed E-state index contributed by atoms with van der Waals surface area (Å²) in [5.41, 5.74) is 3.57. The van der Waals surface area contributed by atoms with Gasteiger partial charge in [0.2, 0.25) is 0 Å². The topological polar surface area (TPSA) is 77.2 Å². The number of ether oxygens (including phenoxy) is 1. The van der Waals surface area contributed by atoms with Crippen LogP contribution in [0, 0.1) is 5.41 Å². The number of nitrogens with zero attached hydrogens (tertiary/aromatic N) is 3. The molecule has 0 aliphatic carbocycles. The van der Waals surface area contributed by atoms with Crippen LogP contribution >= 0.6 is 23.4 Å². The Morgan fingerprint density at radius 2 is 1.76 bits per heavy atom. The number of aromatic nitrogens is 3. The van der Waals surface area contributed by atoms with Gasteiger partial charge in [-0.2, -0.15) is 0 Å². The molecule has 2 aromatic carbocycles. The lowest BCUT2D eigenvalue weighted by Crippen LogP contribution is -2.28. The molecule has 0 amide bonds. The minimum absolute atomic E-state index is 0.124. The van der Waals surface area contributed by atoms with E-state index in [2.05, 4.69) is 31.4 Å². The van der Waals surface area contributed by atoms with Crippen molar-refractivity contribution in [3.63, 3.8) is 0 Å². The fourth-order valence-corrected chi connectivity index (χ4v) is 6.19. The number of aliphatic carboxylic acids is 1. The highest BCUT2D eigenvalue weighted by Gasteiger charge is 2.33. The van der Waals surface area contributed by atoms with Gasteiger partial charge >= 0.3 is 5.97 Å². The smallest absolute Gasteiger partial charge is 0.309 e. The highest BCUT2D eigenvalue weighted by Crippen LogP contribution is 2.44. The number of rotatable bonds is 9. The van der Waals surface area contributed by atoms with Crippen molar-refractivity contribution in [1.29, 1.82) is 0 Å². The van der Waals surface area contributed by atoms with Gasteiger partial charge in [0.15, 0.2) is 0 Å². The van der Waals surface area contributed by atoms with Gasteiger partial charge in [-0.3, -0.25) is 4.79 Å². The molecule has 0 unspecified atom stereocenters. The number of hydrogen-bond donors (Lipinski definition) is 1. The van der Waals surface area contributed by atoms with E-state index < -0.39 is 11.4 Å². The van der Waals surface area contributed by atoms with Crippen molar-refractivity contribution in [3.8, 4) is 5.75 Å². The van der Waals surface area contributed by atoms with E-state index in [4.69, 9.17) is 26.3 Å². The van der Waals surface area contributed by atoms with Crippen molar-refractivity contribution in [2.75, 3.05) is 0 Å². The van der Waals surface area contributed by atoms with Gasteiger partial charge in [-0.15, -0.1) is 11.8 Å². The van der Waals surface area contributed by atoms with Crippen LogP contribution in [-0.4, -0.2) is 30.4 Å². The zero-order valence-electron chi connectivity index (χ0n) is 24.8. The fourth-order valence-electron chi connectivity index (χ4n) is 4.90. The number of fused-ring (bicyclic) bond motifs is 2. The zero-order valence-corrected chi connectivity index (χ0v) is 26.4. The van der Waals surface area contributed by atoms with Crippen molar-refractivity contribution < 1.29 is 14.6 Å². The van der Waals surface area contributed by atoms with Crippen molar-refractivity contribution >= 4 is 51.3 Å². The Labute approximate surface area is 256 Å². The van der Waals surface area contributed by atoms with E-state index in [1.807, 2.05) is 67.6 Å². The summed E-state index contributed by atoms with van der Waals surface area (Å²) in [5.74, 6) is -0.209.